The molecule has 0 aliphatic carbocycles. The van der Waals surface area contributed by atoms with Crippen LogP contribution in [0.25, 0.3) is 0 Å². The normalized spacial score (nSPS) is 10.0. The third-order valence-electron chi connectivity index (χ3n) is 1.69. The van der Waals surface area contributed by atoms with Crippen molar-refractivity contribution in [3.8, 4) is 0 Å². The van der Waals surface area contributed by atoms with Crippen molar-refractivity contribution in [1.82, 2.24) is 10.6 Å². The van der Waals surface area contributed by atoms with Crippen molar-refractivity contribution in [3.05, 3.63) is 0 Å². The van der Waals surface area contributed by atoms with Crippen molar-refractivity contribution in [2.24, 2.45) is 0 Å². The Hall–Kier alpha value is 0.480. The maximum Gasteiger partial charge on any atom is 0.132 e. The summed E-state index contributed by atoms with van der Waals surface area (Å²) < 4.78 is 0.951. The summed E-state index contributed by atoms with van der Waals surface area (Å²) in [6.07, 6.45) is 4.56. The van der Waals surface area contributed by atoms with Gasteiger partial charge in [0.25, 0.3) is 0 Å². The second-order valence-electron chi connectivity index (χ2n) is 2.95. The molecule has 0 aromatic carbocycles. The van der Waals surface area contributed by atoms with Crippen LogP contribution in [-0.4, -0.2) is 14.8 Å². The van der Waals surface area contributed by atoms with Gasteiger partial charge < -0.3 is 10.6 Å². The Morgan fingerprint density at radius 1 is 1.14 bits per heavy atom. The minimum absolute atomic E-state index is 0.0524. The lowest BCUT2D eigenvalue weighted by Gasteiger charge is -2.19. The topological polar surface area (TPSA) is 24.1 Å². The quantitative estimate of drug-likeness (QED) is 0.257. The lowest BCUT2D eigenvalue weighted by atomic mass is 10.2. The average molecular weight is 268 g/mol. The number of thiocarbonyl (C=S) groups is 2. The molecule has 0 fully saturated rings. The zero-order valence-corrected chi connectivity index (χ0v) is 11.5. The smallest absolute Gasteiger partial charge is 0.132 e. The van der Waals surface area contributed by atoms with E-state index in [4.69, 9.17) is 24.4 Å². The van der Waals surface area contributed by atoms with Gasteiger partial charge in [-0.25, -0.2) is 0 Å². The zero-order chi connectivity index (χ0) is 11.0. The van der Waals surface area contributed by atoms with Crippen molar-refractivity contribution < 1.29 is 0 Å². The van der Waals surface area contributed by atoms with Crippen molar-refractivity contribution in [2.45, 2.75) is 38.8 Å². The second kappa shape index (κ2) is 8.76. The molecular weight excluding hydrogens is 252 g/mol. The molecule has 0 saturated carbocycles. The average Bonchev–Trinajstić information content (AvgIpc) is 2.02. The Kier molecular flexibility index (Phi) is 9.06. The van der Waals surface area contributed by atoms with Crippen molar-refractivity contribution >= 4 is 58.3 Å². The van der Waals surface area contributed by atoms with Crippen LogP contribution in [0, 0.1) is 0 Å². The molecule has 82 valence electrons. The summed E-state index contributed by atoms with van der Waals surface area (Å²) in [4.78, 5) is 0. The van der Waals surface area contributed by atoms with Crippen molar-refractivity contribution in [1.29, 1.82) is 0 Å². The fraction of sp³-hybridized carbons (Fsp3) is 0.750. The van der Waals surface area contributed by atoms with E-state index in [0.29, 0.717) is 8.64 Å². The van der Waals surface area contributed by atoms with E-state index in [1.54, 1.807) is 0 Å². The number of hydrogen-bond acceptors (Lipinski definition) is 2. The van der Waals surface area contributed by atoms with E-state index in [1.807, 2.05) is 0 Å². The maximum atomic E-state index is 4.85. The van der Waals surface area contributed by atoms with Gasteiger partial charge in [-0.05, 0) is 12.8 Å². The highest BCUT2D eigenvalue weighted by Gasteiger charge is 2.07. The Morgan fingerprint density at radius 3 is 2.00 bits per heavy atom. The summed E-state index contributed by atoms with van der Waals surface area (Å²) in [5, 5.41) is 6.04. The molecule has 0 spiro atoms. The Bertz CT molecular complexity index is 180. The van der Waals surface area contributed by atoms with E-state index in [2.05, 4.69) is 42.8 Å². The number of nitrogens with one attached hydrogen (secondary N) is 2. The molecule has 0 heterocycles. The van der Waals surface area contributed by atoms with Gasteiger partial charge in [-0.15, -0.1) is 25.3 Å². The number of unbranched alkanes of at least 4 members (excludes halogenated alkanes) is 2. The molecule has 0 radical (unpaired) electrons. The summed E-state index contributed by atoms with van der Waals surface area (Å²) >= 11 is 17.7. The van der Waals surface area contributed by atoms with Gasteiger partial charge in [-0.2, -0.15) is 0 Å². The highest BCUT2D eigenvalue weighted by molar-refractivity contribution is 8.11. The lowest BCUT2D eigenvalue weighted by molar-refractivity contribution is 0.505. The molecule has 0 aromatic rings. The van der Waals surface area contributed by atoms with Gasteiger partial charge in [0.15, 0.2) is 0 Å². The fourth-order valence-electron chi connectivity index (χ4n) is 1.08. The van der Waals surface area contributed by atoms with Crippen LogP contribution in [0.1, 0.15) is 32.6 Å². The molecule has 0 unspecified atom stereocenters. The summed E-state index contributed by atoms with van der Waals surface area (Å²) in [7, 11) is 0. The Balaban J connectivity index is 3.84. The predicted octanol–water partition coefficient (Wildman–Crippen LogP) is 2.50. The van der Waals surface area contributed by atoms with E-state index in [0.717, 1.165) is 12.8 Å². The molecule has 0 saturated heterocycles. The van der Waals surface area contributed by atoms with E-state index < -0.39 is 0 Å². The van der Waals surface area contributed by atoms with E-state index in [1.165, 1.54) is 12.8 Å². The van der Waals surface area contributed by atoms with Gasteiger partial charge in [-0.3, -0.25) is 0 Å². The first-order chi connectivity index (χ1) is 6.56. The van der Waals surface area contributed by atoms with E-state index in [9.17, 15) is 0 Å². The molecule has 0 amide bonds. The van der Waals surface area contributed by atoms with Crippen molar-refractivity contribution in [3.63, 3.8) is 0 Å². The third kappa shape index (κ3) is 9.05. The number of hydrogen-bond donors (Lipinski definition) is 4. The zero-order valence-electron chi connectivity index (χ0n) is 8.12. The molecule has 0 rings (SSSR count). The van der Waals surface area contributed by atoms with Crippen LogP contribution >= 0.6 is 49.7 Å². The number of rotatable bonds is 6. The van der Waals surface area contributed by atoms with Crippen LogP contribution in [0.4, 0.5) is 0 Å². The molecule has 6 heteroatoms. The summed E-state index contributed by atoms with van der Waals surface area (Å²) in [6, 6.07) is 0. The molecule has 0 aliphatic rings. The van der Waals surface area contributed by atoms with Crippen LogP contribution < -0.4 is 10.6 Å². The largest absolute Gasteiger partial charge is 0.351 e. The highest BCUT2D eigenvalue weighted by atomic mass is 32.1. The van der Waals surface area contributed by atoms with Crippen LogP contribution in [0.5, 0.6) is 0 Å². The molecule has 2 N–H and O–H groups in total. The molecule has 14 heavy (non-hydrogen) atoms. The van der Waals surface area contributed by atoms with E-state index >= 15 is 0 Å². The third-order valence-corrected chi connectivity index (χ3v) is 2.19. The first kappa shape index (κ1) is 14.5. The molecule has 0 aromatic heterocycles. The van der Waals surface area contributed by atoms with Gasteiger partial charge in [-0.1, -0.05) is 44.2 Å². The molecule has 2 nitrogen and oxygen atoms in total. The van der Waals surface area contributed by atoms with Gasteiger partial charge in [0, 0.05) is 0 Å². The monoisotopic (exact) mass is 268 g/mol. The van der Waals surface area contributed by atoms with Crippen LogP contribution in [0.2, 0.25) is 0 Å². The summed E-state index contributed by atoms with van der Waals surface area (Å²) in [6.45, 7) is 2.17. The first-order valence-electron chi connectivity index (χ1n) is 4.55. The summed E-state index contributed by atoms with van der Waals surface area (Å²) in [5.74, 6) is 0. The van der Waals surface area contributed by atoms with Crippen LogP contribution in [-0.2, 0) is 0 Å². The van der Waals surface area contributed by atoms with Gasteiger partial charge in [0.1, 0.15) is 8.64 Å². The maximum absolute atomic E-state index is 4.85. The molecule has 0 aliphatic heterocycles. The predicted molar refractivity (Wildman–Crippen MR) is 77.4 cm³/mol. The second-order valence-corrected chi connectivity index (χ2v) is 5.26. The minimum atomic E-state index is 0.0524. The number of thiol groups is 2. The molecule has 0 bridgehead atoms. The standard InChI is InChI=1S/C8H16N2S4/c1-2-3-4-5-6(9-7(11)12)10-8(13)14/h6H,2-5H2,1H3,(H2,9,11,12)(H2,10,13,14). The van der Waals surface area contributed by atoms with Gasteiger partial charge >= 0.3 is 0 Å². The van der Waals surface area contributed by atoms with Crippen LogP contribution in [0.3, 0.4) is 0 Å². The minimum Gasteiger partial charge on any atom is -0.351 e. The van der Waals surface area contributed by atoms with Gasteiger partial charge in [0.2, 0.25) is 0 Å². The Labute approximate surface area is 107 Å². The van der Waals surface area contributed by atoms with Gasteiger partial charge in [0.05, 0.1) is 6.17 Å². The Morgan fingerprint density at radius 2 is 1.64 bits per heavy atom. The van der Waals surface area contributed by atoms with Crippen molar-refractivity contribution in [2.75, 3.05) is 0 Å². The highest BCUT2D eigenvalue weighted by Crippen LogP contribution is 2.02. The first-order valence-corrected chi connectivity index (χ1v) is 6.26. The molecular formula is C8H16N2S4. The summed E-state index contributed by atoms with van der Waals surface area (Å²) in [5.41, 5.74) is 0. The lowest BCUT2D eigenvalue weighted by Crippen LogP contribution is -2.44. The van der Waals surface area contributed by atoms with E-state index in [-0.39, 0.29) is 6.17 Å². The molecule has 0 atom stereocenters. The van der Waals surface area contributed by atoms with Crippen LogP contribution in [0.15, 0.2) is 0 Å². The fourth-order valence-corrected chi connectivity index (χ4v) is 1.67. The SMILES string of the molecule is CCCCCC(NC(=S)S)NC(=S)S.